The highest BCUT2D eigenvalue weighted by atomic mass is 35.5. The van der Waals surface area contributed by atoms with Crippen LogP contribution in [-0.4, -0.2) is 48.8 Å². The molecule has 2 heterocycles. The molecule has 1 saturated heterocycles. The Morgan fingerprint density at radius 1 is 1.32 bits per heavy atom. The fraction of sp³-hybridized carbons (Fsp3) is 0.583. The van der Waals surface area contributed by atoms with Crippen LogP contribution in [0.4, 0.5) is 5.82 Å². The summed E-state index contributed by atoms with van der Waals surface area (Å²) in [6, 6.07) is 1.81. The molecule has 1 aliphatic rings. The van der Waals surface area contributed by atoms with Crippen molar-refractivity contribution < 1.29 is 4.74 Å². The molecule has 0 aromatic carbocycles. The van der Waals surface area contributed by atoms with E-state index in [-0.39, 0.29) is 11.2 Å². The van der Waals surface area contributed by atoms with Gasteiger partial charge in [-0.25, -0.2) is 4.98 Å². The van der Waals surface area contributed by atoms with Crippen LogP contribution in [-0.2, 0) is 4.74 Å². The largest absolute Gasteiger partial charge is 0.379 e. The van der Waals surface area contributed by atoms with Crippen LogP contribution < -0.4 is 5.32 Å². The number of hydrogen-bond acceptors (Lipinski definition) is 4. The molecule has 1 atom stereocenters. The van der Waals surface area contributed by atoms with E-state index >= 15 is 0 Å². The fourth-order valence-electron chi connectivity index (χ4n) is 2.00. The van der Waals surface area contributed by atoms with Crippen LogP contribution >= 0.6 is 34.8 Å². The second kappa shape index (κ2) is 6.95. The lowest BCUT2D eigenvalue weighted by Gasteiger charge is -2.29. The first-order chi connectivity index (χ1) is 9.06. The van der Waals surface area contributed by atoms with Crippen LogP contribution in [0.25, 0.3) is 0 Å². The first kappa shape index (κ1) is 15.1. The third-order valence-corrected chi connectivity index (χ3v) is 3.87. The molecule has 1 fully saturated rings. The van der Waals surface area contributed by atoms with E-state index in [4.69, 9.17) is 39.5 Å². The van der Waals surface area contributed by atoms with Crippen molar-refractivity contribution in [3.8, 4) is 0 Å². The number of ether oxygens (including phenoxy) is 1. The van der Waals surface area contributed by atoms with E-state index in [0.717, 1.165) is 32.8 Å². The summed E-state index contributed by atoms with van der Waals surface area (Å²) < 4.78 is 5.32. The van der Waals surface area contributed by atoms with Gasteiger partial charge in [0.25, 0.3) is 0 Å². The number of anilines is 1. The Bertz CT molecular complexity index is 438. The van der Waals surface area contributed by atoms with E-state index in [1.807, 2.05) is 0 Å². The standard InChI is InChI=1S/C12H16Cl3N3O/c1-8(7-18-2-4-19-5-3-18)16-12-10(14)6-9(13)11(15)17-12/h6,8H,2-5,7H2,1H3,(H,16,17). The number of morpholine rings is 1. The van der Waals surface area contributed by atoms with Gasteiger partial charge in [0, 0.05) is 25.7 Å². The second-order valence-corrected chi connectivity index (χ2v) is 5.72. The van der Waals surface area contributed by atoms with Gasteiger partial charge in [-0.15, -0.1) is 0 Å². The molecule has 0 radical (unpaired) electrons. The van der Waals surface area contributed by atoms with Crippen molar-refractivity contribution in [1.29, 1.82) is 0 Å². The summed E-state index contributed by atoms with van der Waals surface area (Å²) in [4.78, 5) is 6.49. The van der Waals surface area contributed by atoms with Crippen LogP contribution in [0.2, 0.25) is 15.2 Å². The van der Waals surface area contributed by atoms with E-state index in [1.165, 1.54) is 0 Å². The minimum Gasteiger partial charge on any atom is -0.379 e. The van der Waals surface area contributed by atoms with Gasteiger partial charge in [-0.1, -0.05) is 34.8 Å². The number of pyridine rings is 1. The zero-order valence-electron chi connectivity index (χ0n) is 10.6. The van der Waals surface area contributed by atoms with Crippen molar-refractivity contribution in [3.05, 3.63) is 21.3 Å². The van der Waals surface area contributed by atoms with Gasteiger partial charge < -0.3 is 10.1 Å². The quantitative estimate of drug-likeness (QED) is 0.863. The third kappa shape index (κ3) is 4.36. The SMILES string of the molecule is CC(CN1CCOCC1)Nc1nc(Cl)c(Cl)cc1Cl. The molecule has 1 aromatic heterocycles. The predicted octanol–water partition coefficient (Wildman–Crippen LogP) is 3.17. The topological polar surface area (TPSA) is 37.4 Å². The molecule has 7 heteroatoms. The maximum atomic E-state index is 6.09. The average molecular weight is 325 g/mol. The van der Waals surface area contributed by atoms with Crippen LogP contribution in [0.15, 0.2) is 6.07 Å². The highest BCUT2D eigenvalue weighted by Gasteiger charge is 2.15. The molecule has 106 valence electrons. The van der Waals surface area contributed by atoms with Gasteiger partial charge in [-0.05, 0) is 13.0 Å². The normalized spacial score (nSPS) is 18.3. The minimum absolute atomic E-state index is 0.209. The molecule has 0 bridgehead atoms. The highest BCUT2D eigenvalue weighted by molar-refractivity contribution is 6.42. The number of nitrogens with one attached hydrogen (secondary N) is 1. The molecule has 1 unspecified atom stereocenters. The van der Waals surface area contributed by atoms with Crippen LogP contribution in [0.3, 0.4) is 0 Å². The third-order valence-electron chi connectivity index (χ3n) is 2.91. The fourth-order valence-corrected chi connectivity index (χ4v) is 2.55. The lowest BCUT2D eigenvalue weighted by atomic mass is 10.3. The van der Waals surface area contributed by atoms with Crippen molar-refractivity contribution >= 4 is 40.6 Å². The van der Waals surface area contributed by atoms with Gasteiger partial charge in [-0.2, -0.15) is 0 Å². The summed E-state index contributed by atoms with van der Waals surface area (Å²) in [5.74, 6) is 0.567. The Morgan fingerprint density at radius 3 is 2.68 bits per heavy atom. The molecular formula is C12H16Cl3N3O. The Morgan fingerprint density at radius 2 is 2.00 bits per heavy atom. The minimum atomic E-state index is 0.209. The number of halogens is 3. The molecule has 1 aromatic rings. The second-order valence-electron chi connectivity index (χ2n) is 4.55. The average Bonchev–Trinajstić information content (AvgIpc) is 2.37. The van der Waals surface area contributed by atoms with Crippen LogP contribution in [0.5, 0.6) is 0 Å². The Labute approximate surface area is 128 Å². The Kier molecular flexibility index (Phi) is 5.54. The smallest absolute Gasteiger partial charge is 0.150 e. The Balaban J connectivity index is 1.94. The molecule has 4 nitrogen and oxygen atoms in total. The summed E-state index contributed by atoms with van der Waals surface area (Å²) in [6.07, 6.45) is 0. The summed E-state index contributed by atoms with van der Waals surface area (Å²) in [5.41, 5.74) is 0. The van der Waals surface area contributed by atoms with Gasteiger partial charge in [-0.3, -0.25) is 4.90 Å². The lowest BCUT2D eigenvalue weighted by Crippen LogP contribution is -2.42. The van der Waals surface area contributed by atoms with E-state index < -0.39 is 0 Å². The molecule has 2 rings (SSSR count). The molecule has 1 N–H and O–H groups in total. The molecule has 19 heavy (non-hydrogen) atoms. The number of aromatic nitrogens is 1. The molecule has 0 amide bonds. The van der Waals surface area contributed by atoms with Crippen LogP contribution in [0.1, 0.15) is 6.92 Å². The van der Waals surface area contributed by atoms with Gasteiger partial charge in [0.05, 0.1) is 23.3 Å². The van der Waals surface area contributed by atoms with E-state index in [0.29, 0.717) is 15.9 Å². The molecular weight excluding hydrogens is 309 g/mol. The summed E-state index contributed by atoms with van der Waals surface area (Å²) in [5, 5.41) is 4.35. The van der Waals surface area contributed by atoms with Gasteiger partial charge in [0.1, 0.15) is 11.0 Å². The van der Waals surface area contributed by atoms with Crippen molar-refractivity contribution in [1.82, 2.24) is 9.88 Å². The maximum Gasteiger partial charge on any atom is 0.150 e. The lowest BCUT2D eigenvalue weighted by molar-refractivity contribution is 0.0368. The number of nitrogens with zero attached hydrogens (tertiary/aromatic N) is 2. The summed E-state index contributed by atoms with van der Waals surface area (Å²) in [7, 11) is 0. The molecule has 0 aliphatic carbocycles. The van der Waals surface area contributed by atoms with E-state index in [1.54, 1.807) is 6.07 Å². The number of hydrogen-bond donors (Lipinski definition) is 1. The monoisotopic (exact) mass is 323 g/mol. The first-order valence-corrected chi connectivity index (χ1v) is 7.28. The first-order valence-electron chi connectivity index (χ1n) is 6.14. The highest BCUT2D eigenvalue weighted by Crippen LogP contribution is 2.29. The molecule has 0 saturated carbocycles. The number of rotatable bonds is 4. The van der Waals surface area contributed by atoms with Gasteiger partial charge in [0.15, 0.2) is 0 Å². The Hall–Kier alpha value is -0.260. The maximum absolute atomic E-state index is 6.09. The van der Waals surface area contributed by atoms with E-state index in [9.17, 15) is 0 Å². The molecule has 0 spiro atoms. The molecule has 1 aliphatic heterocycles. The van der Waals surface area contributed by atoms with Gasteiger partial charge in [0.2, 0.25) is 0 Å². The van der Waals surface area contributed by atoms with E-state index in [2.05, 4.69) is 22.1 Å². The van der Waals surface area contributed by atoms with Crippen molar-refractivity contribution in [2.75, 3.05) is 38.2 Å². The summed E-state index contributed by atoms with van der Waals surface area (Å²) >= 11 is 17.8. The van der Waals surface area contributed by atoms with Gasteiger partial charge >= 0.3 is 0 Å². The van der Waals surface area contributed by atoms with Crippen molar-refractivity contribution in [2.45, 2.75) is 13.0 Å². The predicted molar refractivity (Wildman–Crippen MR) is 79.6 cm³/mol. The zero-order chi connectivity index (χ0) is 13.8. The van der Waals surface area contributed by atoms with Crippen LogP contribution in [0, 0.1) is 0 Å². The summed E-state index contributed by atoms with van der Waals surface area (Å²) in [6.45, 7) is 6.47. The zero-order valence-corrected chi connectivity index (χ0v) is 12.9. The van der Waals surface area contributed by atoms with Crippen molar-refractivity contribution in [2.24, 2.45) is 0 Å². The van der Waals surface area contributed by atoms with Crippen molar-refractivity contribution in [3.63, 3.8) is 0 Å².